The summed E-state index contributed by atoms with van der Waals surface area (Å²) in [6.45, 7) is 5.47. The van der Waals surface area contributed by atoms with E-state index < -0.39 is 0 Å². The maximum atomic E-state index is 11.4. The summed E-state index contributed by atoms with van der Waals surface area (Å²) < 4.78 is 0. The standard InChI is InChI=1S/C12H24N4O.HI/c1-4-13-12(15(2)3)14-8-6-10-16-9-5-7-11(16)17;/h4-10H2,1-3H3,(H,13,14);1H. The van der Waals surface area contributed by atoms with Crippen LogP contribution in [0.25, 0.3) is 0 Å². The molecule has 1 amide bonds. The van der Waals surface area contributed by atoms with Crippen molar-refractivity contribution in [3.63, 3.8) is 0 Å². The third kappa shape index (κ3) is 5.88. The van der Waals surface area contributed by atoms with Gasteiger partial charge in [0.1, 0.15) is 0 Å². The number of nitrogens with one attached hydrogen (secondary N) is 1. The number of halogens is 1. The first-order valence-corrected chi connectivity index (χ1v) is 6.38. The summed E-state index contributed by atoms with van der Waals surface area (Å²) in [5.41, 5.74) is 0. The average molecular weight is 368 g/mol. The van der Waals surface area contributed by atoms with Crippen molar-refractivity contribution in [2.45, 2.75) is 26.2 Å². The first kappa shape index (κ1) is 17.5. The average Bonchev–Trinajstić information content (AvgIpc) is 2.68. The van der Waals surface area contributed by atoms with Gasteiger partial charge < -0.3 is 15.1 Å². The van der Waals surface area contributed by atoms with Crippen LogP contribution in [-0.2, 0) is 4.79 Å². The molecule has 1 rings (SSSR count). The van der Waals surface area contributed by atoms with Gasteiger partial charge in [0.25, 0.3) is 0 Å². The van der Waals surface area contributed by atoms with Crippen LogP contribution in [-0.4, -0.2) is 61.9 Å². The predicted octanol–water partition coefficient (Wildman–Crippen LogP) is 1.14. The largest absolute Gasteiger partial charge is 0.357 e. The molecule has 18 heavy (non-hydrogen) atoms. The molecular weight excluding hydrogens is 343 g/mol. The number of guanidine groups is 1. The fourth-order valence-corrected chi connectivity index (χ4v) is 1.90. The molecule has 1 fully saturated rings. The second kappa shape index (κ2) is 9.41. The Morgan fingerprint density at radius 3 is 2.72 bits per heavy atom. The topological polar surface area (TPSA) is 47.9 Å². The van der Waals surface area contributed by atoms with E-state index in [9.17, 15) is 4.79 Å². The summed E-state index contributed by atoms with van der Waals surface area (Å²) in [7, 11) is 3.96. The molecule has 6 heteroatoms. The van der Waals surface area contributed by atoms with Crippen molar-refractivity contribution >= 4 is 35.8 Å². The Bertz CT molecular complexity index is 281. The number of likely N-dealkylation sites (tertiary alicyclic amines) is 1. The minimum absolute atomic E-state index is 0. The van der Waals surface area contributed by atoms with Crippen LogP contribution in [0.3, 0.4) is 0 Å². The van der Waals surface area contributed by atoms with Gasteiger partial charge in [0, 0.05) is 46.7 Å². The second-order valence-corrected chi connectivity index (χ2v) is 4.47. The molecule has 0 bridgehead atoms. The van der Waals surface area contributed by atoms with Crippen LogP contribution in [0.5, 0.6) is 0 Å². The van der Waals surface area contributed by atoms with Gasteiger partial charge >= 0.3 is 0 Å². The lowest BCUT2D eigenvalue weighted by molar-refractivity contribution is -0.127. The molecule has 1 aliphatic heterocycles. The highest BCUT2D eigenvalue weighted by Crippen LogP contribution is 2.09. The smallest absolute Gasteiger partial charge is 0.222 e. The fraction of sp³-hybridized carbons (Fsp3) is 0.833. The van der Waals surface area contributed by atoms with E-state index in [2.05, 4.69) is 17.2 Å². The molecule has 0 spiro atoms. The molecule has 106 valence electrons. The SMILES string of the molecule is CCNC(=NCCCN1CCCC1=O)N(C)C.I. The molecule has 0 saturated carbocycles. The zero-order chi connectivity index (χ0) is 12.7. The van der Waals surface area contributed by atoms with Crippen LogP contribution in [0.2, 0.25) is 0 Å². The predicted molar refractivity (Wildman–Crippen MR) is 85.5 cm³/mol. The first-order valence-electron chi connectivity index (χ1n) is 6.38. The van der Waals surface area contributed by atoms with Crippen LogP contribution >= 0.6 is 24.0 Å². The molecular formula is C12H25IN4O. The van der Waals surface area contributed by atoms with E-state index in [-0.39, 0.29) is 24.0 Å². The number of carbonyl (C=O) groups excluding carboxylic acids is 1. The van der Waals surface area contributed by atoms with Gasteiger partial charge in [-0.2, -0.15) is 0 Å². The van der Waals surface area contributed by atoms with Gasteiger partial charge in [0.2, 0.25) is 5.91 Å². The van der Waals surface area contributed by atoms with Gasteiger partial charge in [-0.25, -0.2) is 0 Å². The lowest BCUT2D eigenvalue weighted by Crippen LogP contribution is -2.36. The summed E-state index contributed by atoms with van der Waals surface area (Å²) in [6.07, 6.45) is 2.68. The molecule has 0 aromatic rings. The summed E-state index contributed by atoms with van der Waals surface area (Å²) in [5, 5.41) is 3.21. The molecule has 5 nitrogen and oxygen atoms in total. The van der Waals surface area contributed by atoms with Crippen molar-refractivity contribution in [1.82, 2.24) is 15.1 Å². The Morgan fingerprint density at radius 2 is 2.22 bits per heavy atom. The third-order valence-corrected chi connectivity index (χ3v) is 2.78. The number of hydrogen-bond acceptors (Lipinski definition) is 2. The van der Waals surface area contributed by atoms with Crippen molar-refractivity contribution in [3.05, 3.63) is 0 Å². The highest BCUT2D eigenvalue weighted by molar-refractivity contribution is 14.0. The van der Waals surface area contributed by atoms with E-state index in [1.54, 1.807) is 0 Å². The maximum absolute atomic E-state index is 11.4. The third-order valence-electron chi connectivity index (χ3n) is 2.78. The zero-order valence-electron chi connectivity index (χ0n) is 11.6. The number of nitrogens with zero attached hydrogens (tertiary/aromatic N) is 3. The van der Waals surface area contributed by atoms with Crippen molar-refractivity contribution in [1.29, 1.82) is 0 Å². The molecule has 0 atom stereocenters. The Labute approximate surface area is 127 Å². The minimum atomic E-state index is 0. The van der Waals surface area contributed by atoms with Crippen LogP contribution in [0.1, 0.15) is 26.2 Å². The zero-order valence-corrected chi connectivity index (χ0v) is 13.9. The molecule has 0 aliphatic carbocycles. The number of rotatable bonds is 5. The lowest BCUT2D eigenvalue weighted by Gasteiger charge is -2.17. The normalized spacial score (nSPS) is 15.6. The Kier molecular flexibility index (Phi) is 9.13. The number of amides is 1. The van der Waals surface area contributed by atoms with Gasteiger partial charge in [-0.1, -0.05) is 0 Å². The Morgan fingerprint density at radius 1 is 1.50 bits per heavy atom. The lowest BCUT2D eigenvalue weighted by atomic mass is 10.4. The molecule has 1 aliphatic rings. The van der Waals surface area contributed by atoms with Crippen LogP contribution in [0.4, 0.5) is 0 Å². The van der Waals surface area contributed by atoms with Crippen LogP contribution < -0.4 is 5.32 Å². The van der Waals surface area contributed by atoms with Gasteiger partial charge in [0.05, 0.1) is 0 Å². The number of aliphatic imine (C=N–C) groups is 1. The fourth-order valence-electron chi connectivity index (χ4n) is 1.90. The Hall–Kier alpha value is -0.530. The second-order valence-electron chi connectivity index (χ2n) is 4.47. The molecule has 0 unspecified atom stereocenters. The highest BCUT2D eigenvalue weighted by Gasteiger charge is 2.18. The number of carbonyl (C=O) groups is 1. The van der Waals surface area contributed by atoms with E-state index >= 15 is 0 Å². The molecule has 0 aromatic carbocycles. The van der Waals surface area contributed by atoms with Crippen molar-refractivity contribution < 1.29 is 4.79 Å². The monoisotopic (exact) mass is 368 g/mol. The van der Waals surface area contributed by atoms with Gasteiger partial charge in [0.15, 0.2) is 5.96 Å². The first-order chi connectivity index (χ1) is 8.15. The van der Waals surface area contributed by atoms with E-state index in [1.165, 1.54) is 0 Å². The quantitative estimate of drug-likeness (QED) is 0.343. The Balaban J connectivity index is 0.00000289. The molecule has 1 heterocycles. The summed E-state index contributed by atoms with van der Waals surface area (Å²) in [5.74, 6) is 1.22. The molecule has 0 aromatic heterocycles. The minimum Gasteiger partial charge on any atom is -0.357 e. The van der Waals surface area contributed by atoms with E-state index in [4.69, 9.17) is 0 Å². The molecule has 1 saturated heterocycles. The highest BCUT2D eigenvalue weighted by atomic mass is 127. The summed E-state index contributed by atoms with van der Waals surface area (Å²) in [4.78, 5) is 19.8. The number of hydrogen-bond donors (Lipinski definition) is 1. The van der Waals surface area contributed by atoms with E-state index in [0.29, 0.717) is 5.91 Å². The summed E-state index contributed by atoms with van der Waals surface area (Å²) in [6, 6.07) is 0. The van der Waals surface area contributed by atoms with E-state index in [1.807, 2.05) is 23.9 Å². The van der Waals surface area contributed by atoms with Crippen LogP contribution in [0.15, 0.2) is 4.99 Å². The molecule has 1 N–H and O–H groups in total. The summed E-state index contributed by atoms with van der Waals surface area (Å²) >= 11 is 0. The maximum Gasteiger partial charge on any atom is 0.222 e. The molecule has 0 radical (unpaired) electrons. The van der Waals surface area contributed by atoms with Gasteiger partial charge in [-0.15, -0.1) is 24.0 Å². The van der Waals surface area contributed by atoms with Gasteiger partial charge in [-0.05, 0) is 19.8 Å². The van der Waals surface area contributed by atoms with Crippen molar-refractivity contribution in [3.8, 4) is 0 Å². The van der Waals surface area contributed by atoms with Crippen molar-refractivity contribution in [2.75, 3.05) is 40.3 Å². The van der Waals surface area contributed by atoms with Gasteiger partial charge in [-0.3, -0.25) is 9.79 Å². The van der Waals surface area contributed by atoms with Crippen LogP contribution in [0, 0.1) is 0 Å². The van der Waals surface area contributed by atoms with Crippen molar-refractivity contribution in [2.24, 2.45) is 4.99 Å². The van der Waals surface area contributed by atoms with E-state index in [0.717, 1.165) is 51.4 Å².